The van der Waals surface area contributed by atoms with Crippen molar-refractivity contribution < 1.29 is 4.52 Å². The van der Waals surface area contributed by atoms with Crippen LogP contribution in [0.15, 0.2) is 28.8 Å². The lowest BCUT2D eigenvalue weighted by Gasteiger charge is -2.01. The van der Waals surface area contributed by atoms with Gasteiger partial charge < -0.3 is 9.84 Å². The number of nitrogens with one attached hydrogen (secondary N) is 1. The molecule has 1 saturated heterocycles. The lowest BCUT2D eigenvalue weighted by Crippen LogP contribution is -2.12. The SMILES string of the molecule is Cc1cccc(-c2noc([C@H]3CCCN3)n2)c1. The van der Waals surface area contributed by atoms with Gasteiger partial charge in [-0.05, 0) is 32.4 Å². The number of aryl methyl sites for hydroxylation is 1. The molecule has 1 N–H and O–H groups in total. The summed E-state index contributed by atoms with van der Waals surface area (Å²) in [6.45, 7) is 3.09. The molecule has 1 fully saturated rings. The summed E-state index contributed by atoms with van der Waals surface area (Å²) in [6.07, 6.45) is 2.25. The summed E-state index contributed by atoms with van der Waals surface area (Å²) >= 11 is 0. The number of hydrogen-bond acceptors (Lipinski definition) is 4. The molecule has 1 aliphatic heterocycles. The van der Waals surface area contributed by atoms with Crippen LogP contribution in [0.2, 0.25) is 0 Å². The third-order valence-corrected chi connectivity index (χ3v) is 3.08. The average molecular weight is 229 g/mol. The fourth-order valence-corrected chi connectivity index (χ4v) is 2.17. The predicted octanol–water partition coefficient (Wildman–Crippen LogP) is 2.47. The molecule has 0 bridgehead atoms. The van der Waals surface area contributed by atoms with Crippen LogP contribution >= 0.6 is 0 Å². The number of nitrogens with zero attached hydrogens (tertiary/aromatic N) is 2. The molecule has 2 aromatic rings. The Bertz CT molecular complexity index is 515. The lowest BCUT2D eigenvalue weighted by atomic mass is 10.1. The first-order valence-corrected chi connectivity index (χ1v) is 5.97. The van der Waals surface area contributed by atoms with Gasteiger partial charge in [0, 0.05) is 5.56 Å². The minimum Gasteiger partial charge on any atom is -0.337 e. The highest BCUT2D eigenvalue weighted by molar-refractivity contribution is 5.55. The molecule has 2 heterocycles. The molecule has 3 rings (SSSR count). The first-order chi connectivity index (χ1) is 8.33. The van der Waals surface area contributed by atoms with Gasteiger partial charge in [-0.15, -0.1) is 0 Å². The van der Waals surface area contributed by atoms with E-state index in [9.17, 15) is 0 Å². The molecule has 17 heavy (non-hydrogen) atoms. The second-order valence-electron chi connectivity index (χ2n) is 4.47. The smallest absolute Gasteiger partial charge is 0.244 e. The highest BCUT2D eigenvalue weighted by atomic mass is 16.5. The summed E-state index contributed by atoms with van der Waals surface area (Å²) in [5, 5.41) is 7.40. The largest absolute Gasteiger partial charge is 0.337 e. The van der Waals surface area contributed by atoms with Gasteiger partial charge in [0.05, 0.1) is 6.04 Å². The third kappa shape index (κ3) is 2.08. The van der Waals surface area contributed by atoms with E-state index >= 15 is 0 Å². The van der Waals surface area contributed by atoms with Crippen LogP contribution in [-0.2, 0) is 0 Å². The van der Waals surface area contributed by atoms with Crippen LogP contribution in [0, 0.1) is 6.92 Å². The van der Waals surface area contributed by atoms with Crippen molar-refractivity contribution in [3.8, 4) is 11.4 Å². The fraction of sp³-hybridized carbons (Fsp3) is 0.385. The van der Waals surface area contributed by atoms with Crippen LogP contribution in [0.3, 0.4) is 0 Å². The van der Waals surface area contributed by atoms with Crippen LogP contribution in [0.4, 0.5) is 0 Å². The molecule has 0 amide bonds. The van der Waals surface area contributed by atoms with Gasteiger partial charge in [-0.3, -0.25) is 0 Å². The summed E-state index contributed by atoms with van der Waals surface area (Å²) < 4.78 is 5.32. The van der Waals surface area contributed by atoms with Crippen molar-refractivity contribution in [2.45, 2.75) is 25.8 Å². The molecule has 1 aromatic carbocycles. The maximum Gasteiger partial charge on any atom is 0.244 e. The van der Waals surface area contributed by atoms with Crippen LogP contribution in [0.1, 0.15) is 30.3 Å². The van der Waals surface area contributed by atoms with Gasteiger partial charge in [-0.2, -0.15) is 4.98 Å². The summed E-state index contributed by atoms with van der Waals surface area (Å²) in [5.41, 5.74) is 2.21. The first-order valence-electron chi connectivity index (χ1n) is 5.97. The van der Waals surface area contributed by atoms with Crippen molar-refractivity contribution >= 4 is 0 Å². The maximum atomic E-state index is 5.32. The third-order valence-electron chi connectivity index (χ3n) is 3.08. The van der Waals surface area contributed by atoms with Gasteiger partial charge in [0.2, 0.25) is 11.7 Å². The highest BCUT2D eigenvalue weighted by Crippen LogP contribution is 2.24. The van der Waals surface area contributed by atoms with Gasteiger partial charge in [0.25, 0.3) is 0 Å². The monoisotopic (exact) mass is 229 g/mol. The second-order valence-corrected chi connectivity index (χ2v) is 4.47. The molecule has 0 aliphatic carbocycles. The maximum absolute atomic E-state index is 5.32. The van der Waals surface area contributed by atoms with E-state index in [4.69, 9.17) is 4.52 Å². The Balaban J connectivity index is 1.89. The summed E-state index contributed by atoms with van der Waals surface area (Å²) in [7, 11) is 0. The minimum atomic E-state index is 0.237. The molecule has 4 nitrogen and oxygen atoms in total. The molecular formula is C13H15N3O. The van der Waals surface area contributed by atoms with E-state index in [0.29, 0.717) is 11.7 Å². The van der Waals surface area contributed by atoms with Crippen molar-refractivity contribution in [1.82, 2.24) is 15.5 Å². The molecule has 1 atom stereocenters. The summed E-state index contributed by atoms with van der Waals surface area (Å²) in [6, 6.07) is 8.37. The topological polar surface area (TPSA) is 51.0 Å². The van der Waals surface area contributed by atoms with E-state index < -0.39 is 0 Å². The Morgan fingerprint density at radius 3 is 3.12 bits per heavy atom. The van der Waals surface area contributed by atoms with Crippen molar-refractivity contribution in [2.75, 3.05) is 6.54 Å². The minimum absolute atomic E-state index is 0.237. The van der Waals surface area contributed by atoms with Crippen molar-refractivity contribution in [3.05, 3.63) is 35.7 Å². The van der Waals surface area contributed by atoms with Crippen molar-refractivity contribution in [3.63, 3.8) is 0 Å². The fourth-order valence-electron chi connectivity index (χ4n) is 2.17. The Kier molecular flexibility index (Phi) is 2.65. The number of aromatic nitrogens is 2. The average Bonchev–Trinajstić information content (AvgIpc) is 3.00. The van der Waals surface area contributed by atoms with Gasteiger partial charge in [0.15, 0.2) is 0 Å². The Labute approximate surface area is 100 Å². The summed E-state index contributed by atoms with van der Waals surface area (Å²) in [4.78, 5) is 4.46. The lowest BCUT2D eigenvalue weighted by molar-refractivity contribution is 0.345. The molecule has 1 aliphatic rings. The normalized spacial score (nSPS) is 19.7. The van der Waals surface area contributed by atoms with Crippen LogP contribution < -0.4 is 5.32 Å². The molecule has 4 heteroatoms. The van der Waals surface area contributed by atoms with E-state index in [1.54, 1.807) is 0 Å². The predicted molar refractivity (Wildman–Crippen MR) is 64.4 cm³/mol. The van der Waals surface area contributed by atoms with Gasteiger partial charge in [0.1, 0.15) is 0 Å². The number of hydrogen-bond donors (Lipinski definition) is 1. The van der Waals surface area contributed by atoms with Crippen LogP contribution in [-0.4, -0.2) is 16.7 Å². The highest BCUT2D eigenvalue weighted by Gasteiger charge is 2.22. The van der Waals surface area contributed by atoms with Gasteiger partial charge in [-0.1, -0.05) is 28.9 Å². The second kappa shape index (κ2) is 4.30. The Morgan fingerprint density at radius 1 is 1.41 bits per heavy atom. The first kappa shape index (κ1) is 10.5. The Morgan fingerprint density at radius 2 is 2.35 bits per heavy atom. The van der Waals surface area contributed by atoms with E-state index in [1.165, 1.54) is 12.0 Å². The van der Waals surface area contributed by atoms with Crippen molar-refractivity contribution in [1.29, 1.82) is 0 Å². The van der Waals surface area contributed by atoms with Crippen molar-refractivity contribution in [2.24, 2.45) is 0 Å². The van der Waals surface area contributed by atoms with E-state index in [-0.39, 0.29) is 6.04 Å². The van der Waals surface area contributed by atoms with Gasteiger partial charge in [-0.25, -0.2) is 0 Å². The van der Waals surface area contributed by atoms with E-state index in [2.05, 4.69) is 34.5 Å². The quantitative estimate of drug-likeness (QED) is 0.859. The molecule has 0 unspecified atom stereocenters. The zero-order valence-electron chi connectivity index (χ0n) is 9.81. The standard InChI is InChI=1S/C13H15N3O/c1-9-4-2-5-10(8-9)12-15-13(17-16-12)11-6-3-7-14-11/h2,4-5,8,11,14H,3,6-7H2,1H3/t11-/m1/s1. The zero-order chi connectivity index (χ0) is 11.7. The molecule has 0 radical (unpaired) electrons. The summed E-state index contributed by atoms with van der Waals surface area (Å²) in [5.74, 6) is 1.39. The number of benzene rings is 1. The molecular weight excluding hydrogens is 214 g/mol. The van der Waals surface area contributed by atoms with Crippen LogP contribution in [0.5, 0.6) is 0 Å². The van der Waals surface area contributed by atoms with Crippen LogP contribution in [0.25, 0.3) is 11.4 Å². The van der Waals surface area contributed by atoms with E-state index in [1.807, 2.05) is 12.1 Å². The molecule has 1 aromatic heterocycles. The zero-order valence-corrected chi connectivity index (χ0v) is 9.81. The molecule has 0 saturated carbocycles. The molecule has 88 valence electrons. The van der Waals surface area contributed by atoms with Gasteiger partial charge >= 0.3 is 0 Å². The number of rotatable bonds is 2. The molecule has 0 spiro atoms. The van der Waals surface area contributed by atoms with E-state index in [0.717, 1.165) is 18.5 Å². The Hall–Kier alpha value is -1.68.